The highest BCUT2D eigenvalue weighted by Gasteiger charge is 2.21. The molecule has 0 N–H and O–H groups in total. The van der Waals surface area contributed by atoms with E-state index in [0.29, 0.717) is 17.5 Å². The van der Waals surface area contributed by atoms with Crippen molar-refractivity contribution in [3.63, 3.8) is 0 Å². The van der Waals surface area contributed by atoms with Crippen LogP contribution in [0.25, 0.3) is 117 Å². The van der Waals surface area contributed by atoms with E-state index >= 15 is 0 Å². The molecule has 8 aromatic carbocycles. The van der Waals surface area contributed by atoms with Crippen molar-refractivity contribution >= 4 is 65.7 Å². The first kappa shape index (κ1) is 31.5. The van der Waals surface area contributed by atoms with Crippen molar-refractivity contribution in [2.75, 3.05) is 0 Å². The monoisotopic (exact) mass is 730 g/mol. The molecule has 57 heavy (non-hydrogen) atoms. The van der Waals surface area contributed by atoms with Gasteiger partial charge in [0.05, 0.1) is 16.4 Å². The maximum atomic E-state index is 6.68. The minimum absolute atomic E-state index is 0.582. The molecule has 0 saturated carbocycles. The fourth-order valence-electron chi connectivity index (χ4n) is 8.46. The average molecular weight is 731 g/mol. The van der Waals surface area contributed by atoms with E-state index < -0.39 is 0 Å². The second kappa shape index (κ2) is 12.3. The molecule has 4 aromatic heterocycles. The zero-order chi connectivity index (χ0) is 37.5. The average Bonchev–Trinajstić information content (AvgIpc) is 3.96. The van der Waals surface area contributed by atoms with E-state index in [0.717, 1.165) is 99.2 Å². The third-order valence-electron chi connectivity index (χ3n) is 11.1. The Kier molecular flexibility index (Phi) is 6.83. The number of aromatic nitrogens is 4. The molecule has 0 amide bonds. The quantitative estimate of drug-likeness (QED) is 0.176. The molecule has 0 unspecified atom stereocenters. The summed E-state index contributed by atoms with van der Waals surface area (Å²) in [6.07, 6.45) is 0. The maximum absolute atomic E-state index is 6.68. The third kappa shape index (κ3) is 4.94. The van der Waals surface area contributed by atoms with Crippen LogP contribution in [-0.4, -0.2) is 19.5 Å². The van der Waals surface area contributed by atoms with Gasteiger partial charge in [0, 0.05) is 55.4 Å². The van der Waals surface area contributed by atoms with Gasteiger partial charge in [-0.1, -0.05) is 127 Å². The van der Waals surface area contributed by atoms with E-state index in [1.54, 1.807) is 0 Å². The second-order valence-corrected chi connectivity index (χ2v) is 14.4. The van der Waals surface area contributed by atoms with Crippen LogP contribution >= 0.6 is 0 Å². The van der Waals surface area contributed by atoms with Crippen LogP contribution in [0.5, 0.6) is 0 Å². The van der Waals surface area contributed by atoms with Gasteiger partial charge in [-0.15, -0.1) is 0 Å². The topological polar surface area (TPSA) is 69.9 Å². The van der Waals surface area contributed by atoms with Crippen molar-refractivity contribution in [2.24, 2.45) is 0 Å². The molecule has 0 saturated heterocycles. The van der Waals surface area contributed by atoms with E-state index in [2.05, 4.69) is 126 Å². The Balaban J connectivity index is 1.04. The van der Waals surface area contributed by atoms with Gasteiger partial charge >= 0.3 is 0 Å². The summed E-state index contributed by atoms with van der Waals surface area (Å²) in [5.74, 6) is 1.80. The van der Waals surface area contributed by atoms with Crippen LogP contribution in [0.2, 0.25) is 0 Å². The number of nitrogens with zero attached hydrogens (tertiary/aromatic N) is 4. The molecule has 6 nitrogen and oxygen atoms in total. The van der Waals surface area contributed by atoms with Crippen LogP contribution in [0.3, 0.4) is 0 Å². The SMILES string of the molecule is c1ccc(-c2cccc(-c3nc(-c4ccccc4)nc(-c4cccc5oc6cc(-n7c8ccccc8c8c9oc%10ccccc%10c9ccc87)ccc6c45)n3)c2)cc1. The van der Waals surface area contributed by atoms with Crippen molar-refractivity contribution in [3.05, 3.63) is 182 Å². The Morgan fingerprint density at radius 3 is 1.86 bits per heavy atom. The first-order valence-corrected chi connectivity index (χ1v) is 19.0. The molecular weight excluding hydrogens is 701 g/mol. The van der Waals surface area contributed by atoms with E-state index in [9.17, 15) is 0 Å². The van der Waals surface area contributed by atoms with Crippen LogP contribution in [-0.2, 0) is 0 Å². The lowest BCUT2D eigenvalue weighted by molar-refractivity contribution is 0.668. The van der Waals surface area contributed by atoms with Gasteiger partial charge in [-0.25, -0.2) is 15.0 Å². The van der Waals surface area contributed by atoms with Crippen LogP contribution < -0.4 is 0 Å². The molecule has 6 heteroatoms. The van der Waals surface area contributed by atoms with Crippen molar-refractivity contribution < 1.29 is 8.83 Å². The molecule has 266 valence electrons. The zero-order valence-electron chi connectivity index (χ0n) is 30.4. The van der Waals surface area contributed by atoms with Crippen LogP contribution in [0.15, 0.2) is 191 Å². The lowest BCUT2D eigenvalue weighted by Crippen LogP contribution is -2.00. The smallest absolute Gasteiger partial charge is 0.164 e. The lowest BCUT2D eigenvalue weighted by Gasteiger charge is -2.10. The van der Waals surface area contributed by atoms with E-state index in [1.165, 1.54) is 0 Å². The second-order valence-electron chi connectivity index (χ2n) is 14.4. The lowest BCUT2D eigenvalue weighted by atomic mass is 10.0. The highest BCUT2D eigenvalue weighted by molar-refractivity contribution is 6.24. The Morgan fingerprint density at radius 2 is 1.00 bits per heavy atom. The van der Waals surface area contributed by atoms with Crippen molar-refractivity contribution in [2.45, 2.75) is 0 Å². The van der Waals surface area contributed by atoms with Gasteiger partial charge in [-0.05, 0) is 59.7 Å². The fraction of sp³-hybridized carbons (Fsp3) is 0. The van der Waals surface area contributed by atoms with Gasteiger partial charge in [-0.3, -0.25) is 0 Å². The molecule has 0 bridgehead atoms. The molecule has 0 aliphatic rings. The molecule has 0 aliphatic carbocycles. The van der Waals surface area contributed by atoms with Gasteiger partial charge in [0.15, 0.2) is 17.5 Å². The molecular formula is C51H30N4O2. The molecule has 12 rings (SSSR count). The highest BCUT2D eigenvalue weighted by atomic mass is 16.3. The fourth-order valence-corrected chi connectivity index (χ4v) is 8.46. The summed E-state index contributed by atoms with van der Waals surface area (Å²) < 4.78 is 15.5. The standard InChI is InChI=1S/C51H30N4O2/c1-3-13-31(14-4-1)33-17-11-18-34(29-33)50-52-49(32-15-5-2-6-16-32)53-51(54-50)40-21-12-24-44-46(40)39-26-25-35(30-45(39)56-44)55-41-22-9-7-20-38(41)47-42(55)28-27-37-36-19-8-10-23-43(36)57-48(37)47/h1-30H. The Bertz CT molecular complexity index is 3530. The summed E-state index contributed by atoms with van der Waals surface area (Å²) in [5.41, 5.74) is 11.4. The van der Waals surface area contributed by atoms with Gasteiger partial charge < -0.3 is 13.4 Å². The molecule has 0 atom stereocenters. The molecule has 0 fully saturated rings. The number of rotatable bonds is 5. The van der Waals surface area contributed by atoms with Gasteiger partial charge in [0.1, 0.15) is 22.3 Å². The molecule has 0 aliphatic heterocycles. The van der Waals surface area contributed by atoms with Crippen LogP contribution in [0.1, 0.15) is 0 Å². The maximum Gasteiger partial charge on any atom is 0.164 e. The van der Waals surface area contributed by atoms with Crippen molar-refractivity contribution in [1.29, 1.82) is 0 Å². The normalized spacial score (nSPS) is 11.9. The molecule has 4 heterocycles. The summed E-state index contributed by atoms with van der Waals surface area (Å²) in [6.45, 7) is 0. The van der Waals surface area contributed by atoms with Gasteiger partial charge in [0.25, 0.3) is 0 Å². The zero-order valence-corrected chi connectivity index (χ0v) is 30.4. The first-order chi connectivity index (χ1) is 28.2. The van der Waals surface area contributed by atoms with Gasteiger partial charge in [-0.2, -0.15) is 0 Å². The predicted octanol–water partition coefficient (Wildman–Crippen LogP) is 13.4. The van der Waals surface area contributed by atoms with Gasteiger partial charge in [0.2, 0.25) is 0 Å². The summed E-state index contributed by atoms with van der Waals surface area (Å²) in [7, 11) is 0. The summed E-state index contributed by atoms with van der Waals surface area (Å²) >= 11 is 0. The number of furan rings is 2. The number of hydrogen-bond acceptors (Lipinski definition) is 5. The van der Waals surface area contributed by atoms with Crippen LogP contribution in [0, 0.1) is 0 Å². The Hall–Kier alpha value is -7.83. The highest BCUT2D eigenvalue weighted by Crippen LogP contribution is 2.42. The minimum Gasteiger partial charge on any atom is -0.456 e. The summed E-state index contributed by atoms with van der Waals surface area (Å²) in [6, 6.07) is 62.5. The third-order valence-corrected chi connectivity index (χ3v) is 11.1. The molecule has 12 aromatic rings. The number of fused-ring (bicyclic) bond motifs is 10. The van der Waals surface area contributed by atoms with Crippen molar-refractivity contribution in [3.8, 4) is 51.0 Å². The Labute approximate surface area is 325 Å². The predicted molar refractivity (Wildman–Crippen MR) is 230 cm³/mol. The number of benzene rings is 8. The Morgan fingerprint density at radius 1 is 0.351 bits per heavy atom. The largest absolute Gasteiger partial charge is 0.456 e. The summed E-state index contributed by atoms with van der Waals surface area (Å²) in [4.78, 5) is 15.3. The van der Waals surface area contributed by atoms with E-state index in [4.69, 9.17) is 23.8 Å². The van der Waals surface area contributed by atoms with Crippen molar-refractivity contribution in [1.82, 2.24) is 19.5 Å². The van der Waals surface area contributed by atoms with E-state index in [1.807, 2.05) is 60.7 Å². The molecule has 0 spiro atoms. The van der Waals surface area contributed by atoms with Crippen LogP contribution in [0.4, 0.5) is 0 Å². The number of hydrogen-bond donors (Lipinski definition) is 0. The molecule has 0 radical (unpaired) electrons. The summed E-state index contributed by atoms with van der Waals surface area (Å²) in [5, 5.41) is 6.41. The minimum atomic E-state index is 0.582. The number of para-hydroxylation sites is 2. The first-order valence-electron chi connectivity index (χ1n) is 19.0. The van der Waals surface area contributed by atoms with E-state index in [-0.39, 0.29) is 0 Å².